The van der Waals surface area contributed by atoms with E-state index in [1.54, 1.807) is 12.4 Å². The number of esters is 1. The molecule has 0 fully saturated rings. The lowest BCUT2D eigenvalue weighted by Crippen LogP contribution is -2.30. The predicted molar refractivity (Wildman–Crippen MR) is 54.9 cm³/mol. The predicted octanol–water partition coefficient (Wildman–Crippen LogP) is 1.45. The average Bonchev–Trinajstić information content (AvgIpc) is 2.67. The molecule has 0 radical (unpaired) electrons. The van der Waals surface area contributed by atoms with Crippen LogP contribution in [0.4, 0.5) is 0 Å². The molecule has 0 unspecified atom stereocenters. The Labute approximate surface area is 91.3 Å². The average molecular weight is 225 g/mol. The highest BCUT2D eigenvalue weighted by molar-refractivity contribution is 7.10. The molecular formula is C10H11NO3S. The Bertz CT molecular complexity index is 399. The summed E-state index contributed by atoms with van der Waals surface area (Å²) in [6.07, 6.45) is 1.29. The molecule has 0 saturated carbocycles. The second kappa shape index (κ2) is 4.10. The molecule has 80 valence electrons. The third-order valence-corrected chi connectivity index (χ3v) is 3.31. The van der Waals surface area contributed by atoms with Crippen LogP contribution in [0.25, 0.3) is 0 Å². The standard InChI is InChI=1S/C10H11NO3S/c1-2-14-10(13)6-3-4-7-8(9(6)12)11-5-15-7/h5-6H,2-4H2,1H3/t6-/m1/s1. The first-order valence-corrected chi connectivity index (χ1v) is 5.75. The third kappa shape index (κ3) is 1.79. The quantitative estimate of drug-likeness (QED) is 0.564. The van der Waals surface area contributed by atoms with Crippen LogP contribution in [0.15, 0.2) is 5.51 Å². The van der Waals surface area contributed by atoms with Crippen molar-refractivity contribution < 1.29 is 14.3 Å². The van der Waals surface area contributed by atoms with Crippen molar-refractivity contribution in [2.75, 3.05) is 6.61 Å². The Morgan fingerprint density at radius 1 is 1.73 bits per heavy atom. The Kier molecular flexibility index (Phi) is 2.81. The van der Waals surface area contributed by atoms with Crippen molar-refractivity contribution in [3.8, 4) is 0 Å². The number of carbonyl (C=O) groups is 2. The molecule has 0 aromatic carbocycles. The molecule has 1 atom stereocenters. The van der Waals surface area contributed by atoms with Gasteiger partial charge < -0.3 is 4.74 Å². The Morgan fingerprint density at radius 3 is 3.27 bits per heavy atom. The molecule has 1 aromatic rings. The second-order valence-electron chi connectivity index (χ2n) is 3.33. The molecule has 5 heteroatoms. The highest BCUT2D eigenvalue weighted by Gasteiger charge is 2.35. The zero-order valence-corrected chi connectivity index (χ0v) is 9.17. The van der Waals surface area contributed by atoms with Gasteiger partial charge in [-0.05, 0) is 19.8 Å². The summed E-state index contributed by atoms with van der Waals surface area (Å²) in [5.74, 6) is -1.24. The van der Waals surface area contributed by atoms with Gasteiger partial charge in [0.25, 0.3) is 0 Å². The molecule has 0 saturated heterocycles. The molecule has 15 heavy (non-hydrogen) atoms. The molecular weight excluding hydrogens is 214 g/mol. The van der Waals surface area contributed by atoms with Crippen LogP contribution >= 0.6 is 11.3 Å². The van der Waals surface area contributed by atoms with E-state index in [2.05, 4.69) is 4.98 Å². The van der Waals surface area contributed by atoms with E-state index >= 15 is 0 Å². The number of Topliss-reactive ketones (excluding diaryl/α,β-unsaturated/α-hetero) is 1. The normalized spacial score (nSPS) is 19.8. The molecule has 0 aliphatic heterocycles. The maximum atomic E-state index is 11.8. The highest BCUT2D eigenvalue weighted by Crippen LogP contribution is 2.28. The summed E-state index contributed by atoms with van der Waals surface area (Å²) in [7, 11) is 0. The van der Waals surface area contributed by atoms with Gasteiger partial charge >= 0.3 is 5.97 Å². The molecule has 4 nitrogen and oxygen atoms in total. The number of nitrogens with zero attached hydrogens (tertiary/aromatic N) is 1. The topological polar surface area (TPSA) is 56.3 Å². The zero-order chi connectivity index (χ0) is 10.8. The Balaban J connectivity index is 2.20. The van der Waals surface area contributed by atoms with Crippen molar-refractivity contribution in [2.45, 2.75) is 19.8 Å². The van der Waals surface area contributed by atoms with Gasteiger partial charge in [0.2, 0.25) is 0 Å². The summed E-state index contributed by atoms with van der Waals surface area (Å²) in [4.78, 5) is 28.3. The molecule has 1 aromatic heterocycles. The number of rotatable bonds is 2. The zero-order valence-electron chi connectivity index (χ0n) is 8.36. The summed E-state index contributed by atoms with van der Waals surface area (Å²) < 4.78 is 4.86. The molecule has 0 bridgehead atoms. The molecule has 0 amide bonds. The first-order chi connectivity index (χ1) is 7.24. The number of ketones is 1. The van der Waals surface area contributed by atoms with E-state index in [-0.39, 0.29) is 5.78 Å². The number of aromatic nitrogens is 1. The van der Waals surface area contributed by atoms with Crippen molar-refractivity contribution in [3.05, 3.63) is 16.1 Å². The van der Waals surface area contributed by atoms with Crippen molar-refractivity contribution in [2.24, 2.45) is 5.92 Å². The van der Waals surface area contributed by atoms with Crippen molar-refractivity contribution in [1.82, 2.24) is 4.98 Å². The van der Waals surface area contributed by atoms with E-state index in [1.165, 1.54) is 11.3 Å². The number of hydrogen-bond acceptors (Lipinski definition) is 5. The fourth-order valence-corrected chi connectivity index (χ4v) is 2.47. The number of ether oxygens (including phenoxy) is 1. The van der Waals surface area contributed by atoms with Gasteiger partial charge in [-0.3, -0.25) is 9.59 Å². The number of carbonyl (C=O) groups excluding carboxylic acids is 2. The molecule has 1 aliphatic carbocycles. The van der Waals surface area contributed by atoms with Crippen LogP contribution < -0.4 is 0 Å². The number of thiazole rings is 1. The smallest absolute Gasteiger partial charge is 0.316 e. The summed E-state index contributed by atoms with van der Waals surface area (Å²) in [6, 6.07) is 0. The van der Waals surface area contributed by atoms with Gasteiger partial charge in [0.15, 0.2) is 5.78 Å². The van der Waals surface area contributed by atoms with Gasteiger partial charge in [0.05, 0.1) is 12.1 Å². The second-order valence-corrected chi connectivity index (χ2v) is 4.27. The summed E-state index contributed by atoms with van der Waals surface area (Å²) in [6.45, 7) is 2.05. The number of aryl methyl sites for hydroxylation is 1. The van der Waals surface area contributed by atoms with E-state index in [9.17, 15) is 9.59 Å². The van der Waals surface area contributed by atoms with Gasteiger partial charge in [-0.15, -0.1) is 11.3 Å². The van der Waals surface area contributed by atoms with E-state index in [0.717, 1.165) is 11.3 Å². The number of hydrogen-bond donors (Lipinski definition) is 0. The lowest BCUT2D eigenvalue weighted by Gasteiger charge is -2.17. The fraction of sp³-hybridized carbons (Fsp3) is 0.500. The summed E-state index contributed by atoms with van der Waals surface area (Å²) in [5.41, 5.74) is 2.11. The van der Waals surface area contributed by atoms with E-state index in [4.69, 9.17) is 4.74 Å². The van der Waals surface area contributed by atoms with Crippen LogP contribution in [0.3, 0.4) is 0 Å². The largest absolute Gasteiger partial charge is 0.465 e. The minimum Gasteiger partial charge on any atom is -0.465 e. The monoisotopic (exact) mass is 225 g/mol. The molecule has 1 heterocycles. The lowest BCUT2D eigenvalue weighted by atomic mass is 9.90. The van der Waals surface area contributed by atoms with Gasteiger partial charge in [0, 0.05) is 4.88 Å². The third-order valence-electron chi connectivity index (χ3n) is 2.42. The van der Waals surface area contributed by atoms with Crippen LogP contribution in [0.5, 0.6) is 0 Å². The summed E-state index contributed by atoms with van der Waals surface area (Å²) in [5, 5.41) is 0. The maximum Gasteiger partial charge on any atom is 0.316 e. The minimum absolute atomic E-state index is 0.184. The van der Waals surface area contributed by atoms with E-state index < -0.39 is 11.9 Å². The molecule has 1 aliphatic rings. The molecule has 0 spiro atoms. The fourth-order valence-electron chi connectivity index (χ4n) is 1.69. The van der Waals surface area contributed by atoms with E-state index in [0.29, 0.717) is 18.7 Å². The Morgan fingerprint density at radius 2 is 2.53 bits per heavy atom. The van der Waals surface area contributed by atoms with Crippen molar-refractivity contribution >= 4 is 23.1 Å². The summed E-state index contributed by atoms with van der Waals surface area (Å²) >= 11 is 1.47. The van der Waals surface area contributed by atoms with Crippen LogP contribution in [0.1, 0.15) is 28.7 Å². The minimum atomic E-state index is -0.639. The van der Waals surface area contributed by atoms with Gasteiger partial charge in [-0.2, -0.15) is 0 Å². The van der Waals surface area contributed by atoms with Gasteiger partial charge in [-0.1, -0.05) is 0 Å². The Hall–Kier alpha value is -1.23. The first-order valence-electron chi connectivity index (χ1n) is 4.87. The van der Waals surface area contributed by atoms with Crippen molar-refractivity contribution in [1.29, 1.82) is 0 Å². The van der Waals surface area contributed by atoms with E-state index in [1.807, 2.05) is 0 Å². The van der Waals surface area contributed by atoms with Crippen LogP contribution in [-0.4, -0.2) is 23.3 Å². The molecule has 2 rings (SSSR count). The number of fused-ring (bicyclic) bond motifs is 1. The highest BCUT2D eigenvalue weighted by atomic mass is 32.1. The first kappa shape index (κ1) is 10.3. The maximum absolute atomic E-state index is 11.8. The SMILES string of the molecule is CCOC(=O)[C@@H]1CCc2scnc2C1=O. The van der Waals surface area contributed by atoms with Crippen LogP contribution in [-0.2, 0) is 16.0 Å². The van der Waals surface area contributed by atoms with Crippen LogP contribution in [0, 0.1) is 5.92 Å². The van der Waals surface area contributed by atoms with Gasteiger partial charge in [-0.25, -0.2) is 4.98 Å². The van der Waals surface area contributed by atoms with Gasteiger partial charge in [0.1, 0.15) is 11.6 Å². The lowest BCUT2D eigenvalue weighted by molar-refractivity contribution is -0.146. The molecule has 0 N–H and O–H groups in total. The van der Waals surface area contributed by atoms with Crippen molar-refractivity contribution in [3.63, 3.8) is 0 Å². The van der Waals surface area contributed by atoms with Crippen LogP contribution in [0.2, 0.25) is 0 Å².